The molecule has 0 aliphatic rings. The Hall–Kier alpha value is -6.74. The highest BCUT2D eigenvalue weighted by molar-refractivity contribution is 7.86. The number of aliphatic hydroxyl groups excluding tert-OH is 3. The van der Waals surface area contributed by atoms with E-state index >= 15 is 0 Å². The number of rotatable bonds is 20. The van der Waals surface area contributed by atoms with Crippen molar-refractivity contribution in [1.29, 1.82) is 0 Å². The fraction of sp³-hybridized carbons (Fsp3) is 0.243. The van der Waals surface area contributed by atoms with E-state index in [-0.39, 0.29) is 65.4 Å². The summed E-state index contributed by atoms with van der Waals surface area (Å²) in [6.07, 6.45) is -2.68. The zero-order chi connectivity index (χ0) is 54.8. The Kier molecular flexibility index (Phi) is 16.8. The maximum Gasteiger partial charge on any atom is 0.296 e. The van der Waals surface area contributed by atoms with Crippen LogP contribution < -0.4 is 26.6 Å². The number of hydrogen-bond acceptors (Lipinski definition) is 27. The first-order valence-corrected chi connectivity index (χ1v) is 26.8. The second-order valence-corrected chi connectivity index (χ2v) is 21.8. The SMILES string of the molecule is CC(O)CNc1nc(Cl)nc(Nc2ccc(S(=O)(=O)O)c(N=Nc3c(S(=O)(=O)O)cc4cc(S(=O)(=O)O)c(N=Nc5cc(Nc6nc(Cl)nc(N(CC(C)O)CC(C)O)n6)ccc5S(=O)(=O)O)c(N)c4c3O)c2)n1. The highest BCUT2D eigenvalue weighted by atomic mass is 35.5. The molecule has 0 fully saturated rings. The average molecular weight is 1150 g/mol. The number of aromatic hydroxyl groups is 1. The summed E-state index contributed by atoms with van der Waals surface area (Å²) in [5.74, 6) is -2.08. The molecule has 13 N–H and O–H groups in total. The number of nitrogens with zero attached hydrogens (tertiary/aromatic N) is 11. The van der Waals surface area contributed by atoms with Crippen LogP contribution in [-0.4, -0.2) is 140 Å². The van der Waals surface area contributed by atoms with Gasteiger partial charge >= 0.3 is 0 Å². The summed E-state index contributed by atoms with van der Waals surface area (Å²) in [7, 11) is -21.3. The number of phenols is 1. The van der Waals surface area contributed by atoms with Gasteiger partial charge in [-0.3, -0.25) is 18.2 Å². The van der Waals surface area contributed by atoms with Gasteiger partial charge in [0.05, 0.1) is 29.4 Å². The van der Waals surface area contributed by atoms with Crippen LogP contribution in [0.25, 0.3) is 10.8 Å². The summed E-state index contributed by atoms with van der Waals surface area (Å²) in [6, 6.07) is 6.66. The van der Waals surface area contributed by atoms with E-state index < -0.39 is 123 Å². The number of aromatic nitrogens is 6. The number of fused-ring (bicyclic) bond motifs is 1. The Labute approximate surface area is 428 Å². The lowest BCUT2D eigenvalue weighted by Crippen LogP contribution is -2.37. The van der Waals surface area contributed by atoms with E-state index in [9.17, 15) is 72.3 Å². The Morgan fingerprint density at radius 3 is 1.47 bits per heavy atom. The first kappa shape index (κ1) is 56.6. The third-order valence-electron chi connectivity index (χ3n) is 9.38. The van der Waals surface area contributed by atoms with Crippen molar-refractivity contribution >= 4 is 138 Å². The van der Waals surface area contributed by atoms with Crippen LogP contribution in [0.5, 0.6) is 5.75 Å². The number of nitrogens with one attached hydrogen (secondary N) is 3. The van der Waals surface area contributed by atoms with Gasteiger partial charge in [-0.15, -0.1) is 20.5 Å². The molecule has 3 unspecified atom stereocenters. The first-order chi connectivity index (χ1) is 34.3. The molecule has 74 heavy (non-hydrogen) atoms. The number of azo groups is 2. The average Bonchev–Trinajstić information content (AvgIpc) is 3.25. The number of hydrogen-bond donors (Lipinski definition) is 12. The van der Waals surface area contributed by atoms with Crippen molar-refractivity contribution in [3.63, 3.8) is 0 Å². The molecule has 2 aromatic heterocycles. The van der Waals surface area contributed by atoms with Crippen molar-refractivity contribution in [3.8, 4) is 5.75 Å². The van der Waals surface area contributed by atoms with Crippen molar-refractivity contribution < 1.29 is 72.3 Å². The molecule has 6 aromatic rings. The van der Waals surface area contributed by atoms with Gasteiger partial charge in [0.2, 0.25) is 34.4 Å². The van der Waals surface area contributed by atoms with Gasteiger partial charge in [0, 0.05) is 31.0 Å². The number of aliphatic hydroxyl groups is 3. The number of phenolic OH excluding ortho intramolecular Hbond substituents is 1. The summed E-state index contributed by atoms with van der Waals surface area (Å²) >= 11 is 12.1. The van der Waals surface area contributed by atoms with Gasteiger partial charge in [-0.1, -0.05) is 0 Å². The summed E-state index contributed by atoms with van der Waals surface area (Å²) in [4.78, 5) is 20.9. The predicted octanol–water partition coefficient (Wildman–Crippen LogP) is 4.47. The number of halogens is 2. The lowest BCUT2D eigenvalue weighted by atomic mass is 10.1. The van der Waals surface area contributed by atoms with Crippen LogP contribution in [-0.2, 0) is 40.5 Å². The largest absolute Gasteiger partial charge is 0.505 e. The van der Waals surface area contributed by atoms with Gasteiger partial charge < -0.3 is 47.0 Å². The molecule has 0 amide bonds. The minimum absolute atomic E-state index is 0.00693. The summed E-state index contributed by atoms with van der Waals surface area (Å²) < 4.78 is 142. The molecule has 6 rings (SSSR count). The van der Waals surface area contributed by atoms with Gasteiger partial charge in [-0.05, 0) is 97.9 Å². The van der Waals surface area contributed by atoms with E-state index in [1.165, 1.54) is 25.7 Å². The molecule has 0 bridgehead atoms. The van der Waals surface area contributed by atoms with Crippen molar-refractivity contribution in [2.75, 3.05) is 46.2 Å². The molecule has 31 nitrogen and oxygen atoms in total. The molecule has 0 radical (unpaired) electrons. The van der Waals surface area contributed by atoms with E-state index in [2.05, 4.69) is 66.3 Å². The standard InChI is InChI=1S/C37H39Cl2N15O16S4/c1-15(55)12-41-34-44-32(38)45-35(48-34)42-19-4-6-24(72(62,63)64)22(10-19)51-53-30-26(74(68,69)70)9-18-8-25(73(65,66)67)29(28(40)27(18)31(30)58)52-50-21-11-20(5-7-23(21)71(59,60)61)43-36-46-33(39)47-37(49-36)54(13-16(2)56)14-17(3)57/h4-11,15-17,55-58H,12-14,40H2,1-3H3,(H,59,60,61)(H,62,63,64)(H,65,66,67)(H,68,69,70)(H,43,46,47,49)(H2,41,42,44,45,48). The molecule has 2 heterocycles. The third kappa shape index (κ3) is 14.1. The van der Waals surface area contributed by atoms with E-state index in [0.29, 0.717) is 12.1 Å². The van der Waals surface area contributed by atoms with Crippen molar-refractivity contribution in [3.05, 3.63) is 59.1 Å². The molecule has 37 heteroatoms. The van der Waals surface area contributed by atoms with Crippen molar-refractivity contribution in [2.45, 2.75) is 58.7 Å². The highest BCUT2D eigenvalue weighted by Gasteiger charge is 2.29. The molecule has 3 atom stereocenters. The van der Waals surface area contributed by atoms with Gasteiger partial charge in [0.25, 0.3) is 40.5 Å². The third-order valence-corrected chi connectivity index (χ3v) is 13.3. The van der Waals surface area contributed by atoms with Crippen molar-refractivity contribution in [1.82, 2.24) is 29.9 Å². The lowest BCUT2D eigenvalue weighted by Gasteiger charge is -2.25. The van der Waals surface area contributed by atoms with E-state index in [1.807, 2.05) is 0 Å². The Morgan fingerprint density at radius 2 is 1.01 bits per heavy atom. The molecular weight excluding hydrogens is 1110 g/mol. The van der Waals surface area contributed by atoms with Crippen LogP contribution in [0.2, 0.25) is 10.6 Å². The normalized spacial score (nSPS) is 13.8. The molecule has 0 saturated heterocycles. The van der Waals surface area contributed by atoms with Gasteiger partial charge in [-0.2, -0.15) is 63.6 Å². The predicted molar refractivity (Wildman–Crippen MR) is 263 cm³/mol. The number of nitrogens with two attached hydrogens (primary N) is 1. The van der Waals surface area contributed by atoms with Crippen LogP contribution in [0, 0.1) is 0 Å². The minimum atomic E-state index is -5.51. The Bertz CT molecular complexity index is 3700. The molecule has 0 aliphatic heterocycles. The summed E-state index contributed by atoms with van der Waals surface area (Å²) in [5, 5.41) is 62.1. The van der Waals surface area contributed by atoms with E-state index in [0.717, 1.165) is 36.4 Å². The van der Waals surface area contributed by atoms with Crippen LogP contribution in [0.1, 0.15) is 20.8 Å². The van der Waals surface area contributed by atoms with E-state index in [1.54, 1.807) is 0 Å². The highest BCUT2D eigenvalue weighted by Crippen LogP contribution is 2.49. The van der Waals surface area contributed by atoms with Gasteiger partial charge in [0.1, 0.15) is 42.3 Å². The first-order valence-electron chi connectivity index (χ1n) is 20.3. The van der Waals surface area contributed by atoms with Crippen LogP contribution in [0.3, 0.4) is 0 Å². The maximum atomic E-state index is 12.8. The molecule has 396 valence electrons. The molecular formula is C37H39Cl2N15O16S4. The fourth-order valence-electron chi connectivity index (χ4n) is 6.49. The zero-order valence-corrected chi connectivity index (χ0v) is 42.5. The second kappa shape index (κ2) is 22.0. The zero-order valence-electron chi connectivity index (χ0n) is 37.7. The minimum Gasteiger partial charge on any atom is -0.505 e. The second-order valence-electron chi connectivity index (χ2n) is 15.5. The smallest absolute Gasteiger partial charge is 0.296 e. The molecule has 4 aromatic carbocycles. The molecule has 0 spiro atoms. The van der Waals surface area contributed by atoms with Gasteiger partial charge in [-0.25, -0.2) is 0 Å². The Balaban J connectivity index is 1.48. The number of anilines is 7. The van der Waals surface area contributed by atoms with Crippen LogP contribution >= 0.6 is 23.2 Å². The van der Waals surface area contributed by atoms with Crippen LogP contribution in [0.15, 0.2) is 88.6 Å². The topological polar surface area (TPSA) is 491 Å². The van der Waals surface area contributed by atoms with E-state index in [4.69, 9.17) is 28.9 Å². The number of benzene rings is 4. The number of nitrogen functional groups attached to an aromatic ring is 1. The summed E-state index contributed by atoms with van der Waals surface area (Å²) in [6.45, 7) is 4.26. The molecule has 0 aliphatic carbocycles. The fourth-order valence-corrected chi connectivity index (χ4v) is 9.34. The quantitative estimate of drug-likeness (QED) is 0.0285. The Morgan fingerprint density at radius 1 is 0.581 bits per heavy atom. The lowest BCUT2D eigenvalue weighted by molar-refractivity contribution is 0.177. The summed E-state index contributed by atoms with van der Waals surface area (Å²) in [5.41, 5.74) is 1.40. The monoisotopic (exact) mass is 1150 g/mol. The van der Waals surface area contributed by atoms with Crippen LogP contribution in [0.4, 0.5) is 63.6 Å². The molecule has 0 saturated carbocycles. The maximum absolute atomic E-state index is 12.8. The van der Waals surface area contributed by atoms with Crippen molar-refractivity contribution in [2.24, 2.45) is 20.5 Å². The van der Waals surface area contributed by atoms with Gasteiger partial charge in [0.15, 0.2) is 5.75 Å².